The Hall–Kier alpha value is -2.51. The number of nitrogens with zero attached hydrogens (tertiary/aromatic N) is 1. The maximum Gasteiger partial charge on any atom is 0.292 e. The van der Waals surface area contributed by atoms with Gasteiger partial charge in [0, 0.05) is 22.9 Å². The summed E-state index contributed by atoms with van der Waals surface area (Å²) in [4.78, 5) is 25.7. The normalized spacial score (nSPS) is 21.7. The number of carbonyl (C=O) groups is 2. The van der Waals surface area contributed by atoms with E-state index in [4.69, 9.17) is 9.47 Å². The van der Waals surface area contributed by atoms with Gasteiger partial charge in [-0.3, -0.25) is 14.5 Å². The first-order valence-corrected chi connectivity index (χ1v) is 11.2. The number of ether oxygens (including phenoxy) is 2. The Morgan fingerprint density at radius 1 is 1.16 bits per heavy atom. The van der Waals surface area contributed by atoms with Crippen molar-refractivity contribution in [2.45, 2.75) is 52.4 Å². The molecule has 2 heterocycles. The maximum absolute atomic E-state index is 12.4. The molecular weight excluding hydrogens is 414 g/mol. The molecule has 0 bridgehead atoms. The van der Waals surface area contributed by atoms with Crippen LogP contribution in [0.2, 0.25) is 0 Å². The largest absolute Gasteiger partial charge is 0.507 e. The molecule has 2 unspecified atom stereocenters. The van der Waals surface area contributed by atoms with Crippen molar-refractivity contribution in [1.29, 1.82) is 0 Å². The number of phenolic OH excluding ortho intramolecular Hbond substituents is 1. The molecule has 7 heteroatoms. The minimum atomic E-state index is -0.654. The van der Waals surface area contributed by atoms with Crippen LogP contribution in [0.1, 0.15) is 47.4 Å². The van der Waals surface area contributed by atoms with Gasteiger partial charge in [-0.2, -0.15) is 0 Å². The third kappa shape index (κ3) is 4.04. The van der Waals surface area contributed by atoms with Gasteiger partial charge in [-0.25, -0.2) is 0 Å². The Morgan fingerprint density at radius 2 is 1.87 bits per heavy atom. The fourth-order valence-corrected chi connectivity index (χ4v) is 4.88. The van der Waals surface area contributed by atoms with E-state index in [0.29, 0.717) is 12.2 Å². The molecule has 2 aliphatic heterocycles. The fourth-order valence-electron chi connectivity index (χ4n) is 4.21. The highest BCUT2D eigenvalue weighted by atomic mass is 32.2. The van der Waals surface area contributed by atoms with Gasteiger partial charge in [-0.15, -0.1) is 0 Å². The van der Waals surface area contributed by atoms with Crippen molar-refractivity contribution in [3.8, 4) is 11.5 Å². The number of aromatic hydroxyl groups is 1. The van der Waals surface area contributed by atoms with E-state index in [1.165, 1.54) is 4.90 Å². The Kier molecular flexibility index (Phi) is 5.75. The number of carbonyl (C=O) groups excluding carboxylic acids is 2. The first-order chi connectivity index (χ1) is 14.7. The lowest BCUT2D eigenvalue weighted by Gasteiger charge is -2.39. The van der Waals surface area contributed by atoms with Crippen molar-refractivity contribution in [1.82, 2.24) is 4.90 Å². The zero-order valence-electron chi connectivity index (χ0n) is 18.2. The third-order valence-electron chi connectivity index (χ3n) is 6.24. The topological polar surface area (TPSA) is 76.1 Å². The van der Waals surface area contributed by atoms with Gasteiger partial charge in [0.2, 0.25) is 5.12 Å². The van der Waals surface area contributed by atoms with Crippen molar-refractivity contribution in [3.63, 3.8) is 0 Å². The van der Waals surface area contributed by atoms with Crippen LogP contribution >= 0.6 is 11.8 Å². The Bertz CT molecular complexity index is 1040. The summed E-state index contributed by atoms with van der Waals surface area (Å²) in [5, 5.41) is 9.92. The van der Waals surface area contributed by atoms with Crippen molar-refractivity contribution < 1.29 is 24.2 Å². The Balaban J connectivity index is 1.58. The van der Waals surface area contributed by atoms with Crippen LogP contribution in [-0.4, -0.2) is 39.1 Å². The second-order valence-corrected chi connectivity index (χ2v) is 9.53. The molecule has 164 valence electrons. The molecule has 2 atom stereocenters. The number of amides is 1. The quantitative estimate of drug-likeness (QED) is 0.718. The van der Waals surface area contributed by atoms with E-state index in [1.807, 2.05) is 58.0 Å². The number of fused-ring (bicyclic) bond motifs is 1. The van der Waals surface area contributed by atoms with Crippen LogP contribution < -0.4 is 4.74 Å². The zero-order chi connectivity index (χ0) is 22.3. The number of thioether (sulfide) groups is 1. The van der Waals surface area contributed by atoms with Crippen LogP contribution in [-0.2, 0) is 16.0 Å². The van der Waals surface area contributed by atoms with Crippen molar-refractivity contribution in [3.05, 3.63) is 58.1 Å². The number of hydrogen-bond donors (Lipinski definition) is 1. The van der Waals surface area contributed by atoms with Gasteiger partial charge in [0.05, 0.1) is 13.2 Å². The number of hydrogen-bond acceptors (Lipinski definition) is 6. The van der Waals surface area contributed by atoms with Gasteiger partial charge in [0.1, 0.15) is 17.1 Å². The smallest absolute Gasteiger partial charge is 0.292 e. The van der Waals surface area contributed by atoms with Crippen LogP contribution in [0.4, 0.5) is 4.79 Å². The molecule has 0 saturated carbocycles. The molecular formula is C24H27NO5S. The fraction of sp³-hybridized carbons (Fsp3) is 0.417. The summed E-state index contributed by atoms with van der Waals surface area (Å²) in [6.45, 7) is 8.05. The summed E-state index contributed by atoms with van der Waals surface area (Å²) in [6, 6.07) is 9.46. The Morgan fingerprint density at radius 3 is 2.52 bits per heavy atom. The first-order valence-electron chi connectivity index (χ1n) is 10.4. The molecule has 1 amide bonds. The molecule has 2 aliphatic rings. The molecule has 0 aromatic heterocycles. The lowest BCUT2D eigenvalue weighted by molar-refractivity contribution is -0.118. The molecule has 1 fully saturated rings. The van der Waals surface area contributed by atoms with Crippen LogP contribution in [0.15, 0.2) is 30.3 Å². The van der Waals surface area contributed by atoms with Gasteiger partial charge in [0.25, 0.3) is 5.24 Å². The summed E-state index contributed by atoms with van der Waals surface area (Å²) in [7, 11) is 0. The predicted molar refractivity (Wildman–Crippen MR) is 120 cm³/mol. The molecule has 2 aromatic rings. The molecule has 2 aromatic carbocycles. The van der Waals surface area contributed by atoms with Crippen molar-refractivity contribution in [2.75, 3.05) is 13.2 Å². The number of rotatable bonds is 5. The van der Waals surface area contributed by atoms with Gasteiger partial charge >= 0.3 is 0 Å². The maximum atomic E-state index is 12.4. The zero-order valence-corrected chi connectivity index (χ0v) is 19.0. The van der Waals surface area contributed by atoms with Gasteiger partial charge in [0.15, 0.2) is 6.23 Å². The first kappa shape index (κ1) is 21.7. The molecule has 4 rings (SSSR count). The van der Waals surface area contributed by atoms with E-state index in [9.17, 15) is 14.7 Å². The number of benzene rings is 2. The molecule has 31 heavy (non-hydrogen) atoms. The summed E-state index contributed by atoms with van der Waals surface area (Å²) < 4.78 is 12.7. The van der Waals surface area contributed by atoms with E-state index in [2.05, 4.69) is 0 Å². The Labute approximate surface area is 186 Å². The number of phenols is 1. The van der Waals surface area contributed by atoms with Crippen molar-refractivity contribution >= 4 is 22.1 Å². The minimum absolute atomic E-state index is 0.0280. The lowest BCUT2D eigenvalue weighted by Crippen LogP contribution is -2.43. The molecule has 6 nitrogen and oxygen atoms in total. The standard InChI is InChI=1S/C24H27NO5S/c1-14-15(2)21-18(16(3)20(14)27)10-11-24(4,30-21)13-29-22(17-8-6-5-7-9-17)25-12-19(26)31-23(25)28/h5-9,22,27H,10-13H2,1-4H3. The highest BCUT2D eigenvalue weighted by Crippen LogP contribution is 2.44. The van der Waals surface area contributed by atoms with Crippen LogP contribution in [0.5, 0.6) is 11.5 Å². The summed E-state index contributed by atoms with van der Waals surface area (Å²) >= 11 is 0.722. The highest BCUT2D eigenvalue weighted by Gasteiger charge is 2.39. The molecule has 1 N–H and O–H groups in total. The van der Waals surface area contributed by atoms with Crippen LogP contribution in [0.25, 0.3) is 0 Å². The molecule has 0 radical (unpaired) electrons. The van der Waals surface area contributed by atoms with Crippen LogP contribution in [0, 0.1) is 20.8 Å². The average Bonchev–Trinajstić information content (AvgIpc) is 3.09. The predicted octanol–water partition coefficient (Wildman–Crippen LogP) is 4.81. The minimum Gasteiger partial charge on any atom is -0.507 e. The molecule has 0 spiro atoms. The third-order valence-corrected chi connectivity index (χ3v) is 7.01. The van der Waals surface area contributed by atoms with Crippen LogP contribution in [0.3, 0.4) is 0 Å². The second-order valence-electron chi connectivity index (χ2n) is 8.53. The second kappa shape index (κ2) is 8.20. The molecule has 0 aliphatic carbocycles. The summed E-state index contributed by atoms with van der Waals surface area (Å²) in [5.41, 5.74) is 3.87. The van der Waals surface area contributed by atoms with Gasteiger partial charge in [-0.05, 0) is 57.2 Å². The lowest BCUT2D eigenvalue weighted by atomic mass is 9.87. The van der Waals surface area contributed by atoms with E-state index in [0.717, 1.165) is 51.7 Å². The SMILES string of the molecule is Cc1c(C)c2c(c(C)c1O)CCC(C)(COC(c1ccccc1)N1CC(=O)SC1=O)O2. The van der Waals surface area contributed by atoms with Gasteiger partial charge < -0.3 is 14.6 Å². The highest BCUT2D eigenvalue weighted by molar-refractivity contribution is 8.26. The van der Waals surface area contributed by atoms with Crippen molar-refractivity contribution in [2.24, 2.45) is 0 Å². The average molecular weight is 442 g/mol. The van der Waals surface area contributed by atoms with E-state index in [1.54, 1.807) is 0 Å². The van der Waals surface area contributed by atoms with E-state index < -0.39 is 11.8 Å². The van der Waals surface area contributed by atoms with Gasteiger partial charge in [-0.1, -0.05) is 30.3 Å². The van der Waals surface area contributed by atoms with E-state index in [-0.39, 0.29) is 23.5 Å². The summed E-state index contributed by atoms with van der Waals surface area (Å²) in [6.07, 6.45) is 0.827. The molecule has 1 saturated heterocycles. The summed E-state index contributed by atoms with van der Waals surface area (Å²) in [5.74, 6) is 1.14. The monoisotopic (exact) mass is 441 g/mol. The van der Waals surface area contributed by atoms with E-state index >= 15 is 0 Å².